The Morgan fingerprint density at radius 1 is 0.328 bits per heavy atom. The van der Waals surface area contributed by atoms with E-state index in [2.05, 4.69) is 231 Å². The molecule has 3 aliphatic rings. The summed E-state index contributed by atoms with van der Waals surface area (Å²) in [7, 11) is 0. The Kier molecular flexibility index (Phi) is 7.33. The average molecular weight is 873 g/mol. The Balaban J connectivity index is 0.955. The summed E-state index contributed by atoms with van der Waals surface area (Å²) in [5, 5.41) is 13.0. The summed E-state index contributed by atoms with van der Waals surface area (Å²) in [6, 6.07) is 73.8. The highest BCUT2D eigenvalue weighted by Crippen LogP contribution is 2.59. The fourth-order valence-electron chi connectivity index (χ4n) is 12.6. The molecule has 3 heteroatoms. The van der Waals surface area contributed by atoms with Gasteiger partial charge in [0.15, 0.2) is 0 Å². The van der Waals surface area contributed by atoms with E-state index >= 15 is 0 Å². The van der Waals surface area contributed by atoms with Gasteiger partial charge >= 0.3 is 0 Å². The molecule has 0 N–H and O–H groups in total. The first-order valence-electron chi connectivity index (χ1n) is 23.6. The van der Waals surface area contributed by atoms with E-state index < -0.39 is 0 Å². The lowest BCUT2D eigenvalue weighted by Gasteiger charge is -2.35. The van der Waals surface area contributed by atoms with Gasteiger partial charge in [-0.25, -0.2) is 0 Å². The molecule has 0 spiro atoms. The lowest BCUT2D eigenvalue weighted by molar-refractivity contribution is 0.660. The van der Waals surface area contributed by atoms with Gasteiger partial charge in [0.1, 0.15) is 0 Å². The smallest absolute Gasteiger partial charge is 0.0608 e. The molecule has 0 radical (unpaired) electrons. The van der Waals surface area contributed by atoms with E-state index in [1.807, 2.05) is 11.8 Å². The molecule has 0 saturated heterocycles. The highest BCUT2D eigenvalue weighted by molar-refractivity contribution is 7.99. The van der Waals surface area contributed by atoms with Crippen LogP contribution in [0.25, 0.3) is 92.8 Å². The van der Waals surface area contributed by atoms with E-state index in [9.17, 15) is 0 Å². The second-order valence-corrected chi connectivity index (χ2v) is 21.2. The second-order valence-electron chi connectivity index (χ2n) is 20.1. The van der Waals surface area contributed by atoms with Crippen molar-refractivity contribution in [2.45, 2.75) is 48.3 Å². The van der Waals surface area contributed by atoms with Crippen LogP contribution in [0.2, 0.25) is 0 Å². The topological polar surface area (TPSA) is 8.17 Å². The Labute approximate surface area is 393 Å². The summed E-state index contributed by atoms with van der Waals surface area (Å²) in [4.78, 5) is 5.09. The third-order valence-corrected chi connectivity index (χ3v) is 17.0. The van der Waals surface area contributed by atoms with Crippen molar-refractivity contribution in [3.8, 4) is 27.9 Å². The number of benzene rings is 11. The van der Waals surface area contributed by atoms with Gasteiger partial charge in [0, 0.05) is 42.8 Å². The van der Waals surface area contributed by atoms with Gasteiger partial charge in [-0.3, -0.25) is 0 Å². The first-order chi connectivity index (χ1) is 32.7. The molecule has 0 amide bonds. The standard InChI is InChI=1S/C64H44N2S/c1-63(2)53-26-13-11-24-45(53)49-32-52-46-25-12-14-27-57(46)65(58(52)35-55(49)63)39-18-15-19-40(30-39)66-59-28-37-16-5-6-17-38(37)29-61(59)67-62-34-51-50-31-47-43-22-9-7-20-41(43)42-21-8-10-23-44(42)48(47)33-54(50)64(3,4)56(51)36-60(62)66/h5-36H,1-4H3. The molecular weight excluding hydrogens is 829 g/mol. The van der Waals surface area contributed by atoms with Crippen molar-refractivity contribution < 1.29 is 0 Å². The van der Waals surface area contributed by atoms with Gasteiger partial charge in [-0.1, -0.05) is 161 Å². The molecule has 15 rings (SSSR count). The minimum Gasteiger partial charge on any atom is -0.309 e. The maximum absolute atomic E-state index is 2.55. The maximum atomic E-state index is 2.55. The first-order valence-corrected chi connectivity index (χ1v) is 24.4. The maximum Gasteiger partial charge on any atom is 0.0608 e. The van der Waals surface area contributed by atoms with Crippen LogP contribution in [0.4, 0.5) is 17.1 Å². The van der Waals surface area contributed by atoms with Gasteiger partial charge in [-0.2, -0.15) is 0 Å². The summed E-state index contributed by atoms with van der Waals surface area (Å²) >= 11 is 1.91. The van der Waals surface area contributed by atoms with Gasteiger partial charge in [0.2, 0.25) is 0 Å². The largest absolute Gasteiger partial charge is 0.309 e. The molecule has 2 heterocycles. The van der Waals surface area contributed by atoms with Crippen LogP contribution in [0.3, 0.4) is 0 Å². The summed E-state index contributed by atoms with van der Waals surface area (Å²) in [6.45, 7) is 9.63. The van der Waals surface area contributed by atoms with Gasteiger partial charge in [-0.15, -0.1) is 0 Å². The molecule has 1 aliphatic heterocycles. The van der Waals surface area contributed by atoms with Crippen molar-refractivity contribution in [1.29, 1.82) is 0 Å². The number of anilines is 3. The SMILES string of the molecule is CC1(C)c2cc3c(cc2-c2cc4c5ccccc5c5ccccc5c4cc21)Sc1cc2ccccc2cc1N3c1cccc(-n2c3ccccc3c3cc4c(cc32)C(C)(C)c2ccccc2-4)c1. The van der Waals surface area contributed by atoms with Crippen LogP contribution < -0.4 is 4.90 Å². The van der Waals surface area contributed by atoms with Gasteiger partial charge in [0.05, 0.1) is 22.4 Å². The molecule has 11 aromatic carbocycles. The molecule has 0 unspecified atom stereocenters. The van der Waals surface area contributed by atoms with Crippen LogP contribution in [-0.4, -0.2) is 4.57 Å². The Hall–Kier alpha value is -7.59. The number of hydrogen-bond donors (Lipinski definition) is 0. The fraction of sp³-hybridized carbons (Fsp3) is 0.0938. The Bertz CT molecular complexity index is 4200. The lowest BCUT2D eigenvalue weighted by atomic mass is 9.81. The third kappa shape index (κ3) is 4.97. The minimum absolute atomic E-state index is 0.104. The van der Waals surface area contributed by atoms with Crippen molar-refractivity contribution in [3.05, 3.63) is 216 Å². The number of nitrogens with zero attached hydrogens (tertiary/aromatic N) is 2. The first kappa shape index (κ1) is 37.6. The number of hydrogen-bond acceptors (Lipinski definition) is 2. The highest BCUT2D eigenvalue weighted by atomic mass is 32.2. The van der Waals surface area contributed by atoms with Gasteiger partial charge in [0.25, 0.3) is 0 Å². The van der Waals surface area contributed by atoms with Crippen LogP contribution in [0.5, 0.6) is 0 Å². The lowest BCUT2D eigenvalue weighted by Crippen LogP contribution is -2.19. The van der Waals surface area contributed by atoms with Crippen molar-refractivity contribution in [2.24, 2.45) is 0 Å². The molecule has 1 aromatic heterocycles. The monoisotopic (exact) mass is 872 g/mol. The second kappa shape index (κ2) is 13.1. The number of rotatable bonds is 2. The average Bonchev–Trinajstić information content (AvgIpc) is 3.89. The molecule has 12 aromatic rings. The summed E-state index contributed by atoms with van der Waals surface area (Å²) in [5.74, 6) is 0. The summed E-state index contributed by atoms with van der Waals surface area (Å²) in [6.07, 6.45) is 0. The number of para-hydroxylation sites is 1. The van der Waals surface area contributed by atoms with E-state index in [0.717, 1.165) is 11.4 Å². The molecule has 2 aliphatic carbocycles. The van der Waals surface area contributed by atoms with Crippen molar-refractivity contribution in [2.75, 3.05) is 4.90 Å². The highest BCUT2D eigenvalue weighted by Gasteiger charge is 2.40. The van der Waals surface area contributed by atoms with Gasteiger partial charge in [-0.05, 0) is 160 Å². The van der Waals surface area contributed by atoms with E-state index in [-0.39, 0.29) is 10.8 Å². The zero-order valence-electron chi connectivity index (χ0n) is 37.8. The minimum atomic E-state index is -0.223. The van der Waals surface area contributed by atoms with Crippen molar-refractivity contribution in [3.63, 3.8) is 0 Å². The van der Waals surface area contributed by atoms with Crippen LogP contribution in [-0.2, 0) is 10.8 Å². The molecule has 0 bridgehead atoms. The molecule has 0 atom stereocenters. The van der Waals surface area contributed by atoms with Crippen LogP contribution >= 0.6 is 11.8 Å². The zero-order valence-corrected chi connectivity index (χ0v) is 38.6. The zero-order chi connectivity index (χ0) is 44.5. The number of fused-ring (bicyclic) bond motifs is 18. The van der Waals surface area contributed by atoms with E-state index in [1.165, 1.54) is 131 Å². The predicted octanol–water partition coefficient (Wildman–Crippen LogP) is 17.9. The molecule has 0 fully saturated rings. The third-order valence-electron chi connectivity index (χ3n) is 15.9. The van der Waals surface area contributed by atoms with Crippen molar-refractivity contribution >= 4 is 93.7 Å². The molecule has 67 heavy (non-hydrogen) atoms. The van der Waals surface area contributed by atoms with Crippen LogP contribution in [0.1, 0.15) is 49.9 Å². The summed E-state index contributed by atoms with van der Waals surface area (Å²) < 4.78 is 2.51. The fourth-order valence-corrected chi connectivity index (χ4v) is 13.7. The molecular formula is C64H44N2S. The molecule has 2 nitrogen and oxygen atoms in total. The Morgan fingerprint density at radius 2 is 0.851 bits per heavy atom. The predicted molar refractivity (Wildman–Crippen MR) is 285 cm³/mol. The van der Waals surface area contributed by atoms with E-state index in [4.69, 9.17) is 0 Å². The molecule has 0 saturated carbocycles. The Morgan fingerprint density at radius 3 is 1.63 bits per heavy atom. The van der Waals surface area contributed by atoms with Crippen molar-refractivity contribution in [1.82, 2.24) is 4.57 Å². The van der Waals surface area contributed by atoms with E-state index in [0.29, 0.717) is 0 Å². The normalized spacial score (nSPS) is 15.0. The number of aromatic nitrogens is 1. The van der Waals surface area contributed by atoms with Gasteiger partial charge < -0.3 is 9.47 Å². The quantitative estimate of drug-likeness (QED) is 0.160. The summed E-state index contributed by atoms with van der Waals surface area (Å²) in [5.41, 5.74) is 17.8. The van der Waals surface area contributed by atoms with E-state index in [1.54, 1.807) is 0 Å². The van der Waals surface area contributed by atoms with Crippen LogP contribution in [0.15, 0.2) is 204 Å². The van der Waals surface area contributed by atoms with Crippen LogP contribution in [0, 0.1) is 0 Å². The molecule has 316 valence electrons.